The molecular formula is C18H20N4O2. The van der Waals surface area contributed by atoms with E-state index in [1.165, 1.54) is 0 Å². The number of fused-ring (bicyclic) bond motifs is 1. The van der Waals surface area contributed by atoms with Crippen molar-refractivity contribution in [3.8, 4) is 5.75 Å². The van der Waals surface area contributed by atoms with Crippen LogP contribution in [0.15, 0.2) is 48.5 Å². The number of hydrogen-bond acceptors (Lipinski definition) is 4. The second-order valence-corrected chi connectivity index (χ2v) is 5.38. The summed E-state index contributed by atoms with van der Waals surface area (Å²) in [5, 5.41) is 11.0. The molecule has 0 saturated carbocycles. The summed E-state index contributed by atoms with van der Waals surface area (Å²) in [7, 11) is 0. The van der Waals surface area contributed by atoms with E-state index in [0.29, 0.717) is 18.7 Å². The third-order valence-electron chi connectivity index (χ3n) is 3.69. The molecule has 1 aromatic heterocycles. The van der Waals surface area contributed by atoms with Gasteiger partial charge in [-0.15, -0.1) is 5.10 Å². The number of carbonyl (C=O) groups excluding carboxylic acids is 1. The third-order valence-corrected chi connectivity index (χ3v) is 3.69. The number of ether oxygens (including phenoxy) is 1. The number of carbonyl (C=O) groups is 1. The van der Waals surface area contributed by atoms with Crippen LogP contribution in [0.25, 0.3) is 11.0 Å². The smallest absolute Gasteiger partial charge is 0.251 e. The van der Waals surface area contributed by atoms with Crippen LogP contribution in [-0.2, 0) is 6.54 Å². The van der Waals surface area contributed by atoms with Gasteiger partial charge in [-0.25, -0.2) is 4.68 Å². The lowest BCUT2D eigenvalue weighted by atomic mass is 10.2. The van der Waals surface area contributed by atoms with Crippen LogP contribution in [0, 0.1) is 0 Å². The highest BCUT2D eigenvalue weighted by Crippen LogP contribution is 2.13. The molecule has 2 aromatic carbocycles. The Hall–Kier alpha value is -2.89. The molecule has 124 valence electrons. The minimum Gasteiger partial charge on any atom is -0.494 e. The molecule has 6 heteroatoms. The number of para-hydroxylation sites is 1. The molecule has 0 atom stereocenters. The van der Waals surface area contributed by atoms with Crippen molar-refractivity contribution in [2.75, 3.05) is 13.2 Å². The molecule has 3 rings (SSSR count). The Morgan fingerprint density at radius 1 is 1.21 bits per heavy atom. The molecule has 0 radical (unpaired) electrons. The molecule has 3 aromatic rings. The van der Waals surface area contributed by atoms with Crippen molar-refractivity contribution in [1.29, 1.82) is 0 Å². The highest BCUT2D eigenvalue weighted by atomic mass is 16.5. The maximum Gasteiger partial charge on any atom is 0.251 e. The minimum absolute atomic E-state index is 0.109. The number of aryl methyl sites for hydroxylation is 1. The average Bonchev–Trinajstić information content (AvgIpc) is 3.04. The number of hydrogen-bond donors (Lipinski definition) is 1. The molecule has 1 N–H and O–H groups in total. The Morgan fingerprint density at radius 2 is 2.04 bits per heavy atom. The first-order valence-electron chi connectivity index (χ1n) is 8.07. The lowest BCUT2D eigenvalue weighted by Crippen LogP contribution is -2.25. The third kappa shape index (κ3) is 3.71. The monoisotopic (exact) mass is 324 g/mol. The van der Waals surface area contributed by atoms with Crippen LogP contribution in [0.5, 0.6) is 5.75 Å². The Kier molecular flexibility index (Phi) is 5.05. The van der Waals surface area contributed by atoms with E-state index in [1.54, 1.807) is 16.8 Å². The van der Waals surface area contributed by atoms with Gasteiger partial charge >= 0.3 is 0 Å². The second kappa shape index (κ2) is 7.59. The van der Waals surface area contributed by atoms with Gasteiger partial charge in [0.1, 0.15) is 11.3 Å². The highest BCUT2D eigenvalue weighted by molar-refractivity contribution is 5.97. The van der Waals surface area contributed by atoms with Crippen LogP contribution in [0.1, 0.15) is 23.7 Å². The van der Waals surface area contributed by atoms with Crippen molar-refractivity contribution in [2.24, 2.45) is 0 Å². The van der Waals surface area contributed by atoms with E-state index in [9.17, 15) is 4.79 Å². The highest BCUT2D eigenvalue weighted by Gasteiger charge is 2.09. The van der Waals surface area contributed by atoms with Crippen molar-refractivity contribution in [3.63, 3.8) is 0 Å². The minimum atomic E-state index is -0.109. The molecule has 24 heavy (non-hydrogen) atoms. The van der Waals surface area contributed by atoms with E-state index in [4.69, 9.17) is 4.74 Å². The number of benzene rings is 2. The predicted octanol–water partition coefficient (Wildman–Crippen LogP) is 2.65. The molecule has 0 unspecified atom stereocenters. The van der Waals surface area contributed by atoms with E-state index >= 15 is 0 Å². The molecule has 0 bridgehead atoms. The fraction of sp³-hybridized carbons (Fsp3) is 0.278. The first-order valence-corrected chi connectivity index (χ1v) is 8.07. The van der Waals surface area contributed by atoms with Gasteiger partial charge < -0.3 is 10.1 Å². The number of rotatable bonds is 7. The van der Waals surface area contributed by atoms with Gasteiger partial charge in [0.25, 0.3) is 5.91 Å². The molecule has 0 saturated heterocycles. The summed E-state index contributed by atoms with van der Waals surface area (Å²) in [5.74, 6) is 0.732. The Balaban J connectivity index is 1.48. The van der Waals surface area contributed by atoms with Crippen molar-refractivity contribution >= 4 is 16.9 Å². The van der Waals surface area contributed by atoms with Crippen LogP contribution in [0.4, 0.5) is 0 Å². The molecule has 6 nitrogen and oxygen atoms in total. The normalized spacial score (nSPS) is 10.7. The van der Waals surface area contributed by atoms with Crippen molar-refractivity contribution in [3.05, 3.63) is 54.1 Å². The lowest BCUT2D eigenvalue weighted by Gasteiger charge is -2.07. The van der Waals surface area contributed by atoms with Crippen LogP contribution in [0.2, 0.25) is 0 Å². The zero-order valence-electron chi connectivity index (χ0n) is 13.6. The van der Waals surface area contributed by atoms with E-state index < -0.39 is 0 Å². The summed E-state index contributed by atoms with van der Waals surface area (Å²) < 4.78 is 7.40. The zero-order valence-corrected chi connectivity index (χ0v) is 13.6. The van der Waals surface area contributed by atoms with Crippen molar-refractivity contribution < 1.29 is 9.53 Å². The summed E-state index contributed by atoms with van der Waals surface area (Å²) in [6, 6.07) is 15.1. The second-order valence-electron chi connectivity index (χ2n) is 5.38. The maximum absolute atomic E-state index is 12.2. The lowest BCUT2D eigenvalue weighted by molar-refractivity contribution is 0.0951. The Morgan fingerprint density at radius 3 is 2.83 bits per heavy atom. The van der Waals surface area contributed by atoms with Gasteiger partial charge in [-0.05, 0) is 43.7 Å². The summed E-state index contributed by atoms with van der Waals surface area (Å²) in [4.78, 5) is 12.2. The van der Waals surface area contributed by atoms with Gasteiger partial charge in [-0.3, -0.25) is 4.79 Å². The van der Waals surface area contributed by atoms with Crippen molar-refractivity contribution in [2.45, 2.75) is 19.9 Å². The maximum atomic E-state index is 12.2. The predicted molar refractivity (Wildman–Crippen MR) is 92.1 cm³/mol. The summed E-state index contributed by atoms with van der Waals surface area (Å²) in [6.45, 7) is 3.88. The average molecular weight is 324 g/mol. The van der Waals surface area contributed by atoms with E-state index in [1.807, 2.05) is 43.3 Å². The van der Waals surface area contributed by atoms with Crippen LogP contribution >= 0.6 is 0 Å². The molecule has 0 aliphatic rings. The largest absolute Gasteiger partial charge is 0.494 e. The zero-order chi connectivity index (χ0) is 16.8. The Labute approximate surface area is 140 Å². The number of amides is 1. The van der Waals surface area contributed by atoms with Gasteiger partial charge in [0, 0.05) is 18.7 Å². The molecule has 0 aliphatic heterocycles. The van der Waals surface area contributed by atoms with Crippen molar-refractivity contribution in [1.82, 2.24) is 20.3 Å². The van der Waals surface area contributed by atoms with Gasteiger partial charge in [0.05, 0.1) is 12.1 Å². The molecule has 0 aliphatic carbocycles. The number of nitrogens with one attached hydrogen (secondary N) is 1. The topological polar surface area (TPSA) is 69.0 Å². The fourth-order valence-electron chi connectivity index (χ4n) is 2.43. The standard InChI is InChI=1S/C18H20N4O2/c1-2-22-17-10-9-14(13-16(17)20-21-22)18(23)19-11-6-12-24-15-7-4-3-5-8-15/h3-5,7-10,13H,2,6,11-12H2,1H3,(H,19,23). The van der Waals surface area contributed by atoms with E-state index in [0.717, 1.165) is 29.7 Å². The first-order chi connectivity index (χ1) is 11.8. The van der Waals surface area contributed by atoms with E-state index in [-0.39, 0.29) is 5.91 Å². The van der Waals surface area contributed by atoms with Crippen LogP contribution < -0.4 is 10.1 Å². The molecule has 0 spiro atoms. The van der Waals surface area contributed by atoms with Crippen LogP contribution in [0.3, 0.4) is 0 Å². The number of aromatic nitrogens is 3. The molecule has 1 heterocycles. The molecule has 0 fully saturated rings. The summed E-state index contributed by atoms with van der Waals surface area (Å²) in [6.07, 6.45) is 0.745. The summed E-state index contributed by atoms with van der Waals surface area (Å²) in [5.41, 5.74) is 2.26. The van der Waals surface area contributed by atoms with Gasteiger partial charge in [0.15, 0.2) is 0 Å². The van der Waals surface area contributed by atoms with Gasteiger partial charge in [-0.1, -0.05) is 23.4 Å². The Bertz CT molecular complexity index is 814. The first kappa shape index (κ1) is 16.0. The quantitative estimate of drug-likeness (QED) is 0.678. The molecular weight excluding hydrogens is 304 g/mol. The van der Waals surface area contributed by atoms with Gasteiger partial charge in [0.2, 0.25) is 0 Å². The molecule has 1 amide bonds. The van der Waals surface area contributed by atoms with Crippen LogP contribution in [-0.4, -0.2) is 34.1 Å². The SMILES string of the molecule is CCn1nnc2cc(C(=O)NCCCOc3ccccc3)ccc21. The van der Waals surface area contributed by atoms with Gasteiger partial charge in [-0.2, -0.15) is 0 Å². The fourth-order valence-corrected chi connectivity index (χ4v) is 2.43. The van der Waals surface area contributed by atoms with E-state index in [2.05, 4.69) is 15.6 Å². The summed E-state index contributed by atoms with van der Waals surface area (Å²) >= 11 is 0. The number of nitrogens with zero attached hydrogens (tertiary/aromatic N) is 3.